The predicted octanol–water partition coefficient (Wildman–Crippen LogP) is 3.93. The Labute approximate surface area is 186 Å². The monoisotopic (exact) mass is 432 g/mol. The van der Waals surface area contributed by atoms with Crippen LogP contribution in [-0.4, -0.2) is 49.1 Å². The summed E-state index contributed by atoms with van der Waals surface area (Å²) in [4.78, 5) is 17.4. The first-order valence-electron chi connectivity index (χ1n) is 10.6. The number of Topliss-reactive ketones (excluding diaryl/α,β-unsaturated/α-hetero) is 1. The predicted molar refractivity (Wildman–Crippen MR) is 120 cm³/mol. The second kappa shape index (κ2) is 8.43. The Morgan fingerprint density at radius 1 is 1.06 bits per heavy atom. The molecule has 0 radical (unpaired) electrons. The third-order valence-electron chi connectivity index (χ3n) is 5.92. The van der Waals surface area contributed by atoms with E-state index in [4.69, 9.17) is 13.9 Å². The minimum Gasteiger partial charge on any atom is -0.507 e. The zero-order chi connectivity index (χ0) is 22.1. The van der Waals surface area contributed by atoms with E-state index in [0.717, 1.165) is 37.6 Å². The number of rotatable bonds is 5. The molecule has 32 heavy (non-hydrogen) atoms. The van der Waals surface area contributed by atoms with Gasteiger partial charge in [0.15, 0.2) is 5.76 Å². The summed E-state index contributed by atoms with van der Waals surface area (Å²) in [5.74, 6) is 1.95. The van der Waals surface area contributed by atoms with Crippen molar-refractivity contribution in [1.29, 1.82) is 0 Å². The molecule has 3 heterocycles. The lowest BCUT2D eigenvalue weighted by atomic mass is 10.0. The number of carbonyl (C=O) groups is 1. The van der Waals surface area contributed by atoms with Crippen LogP contribution in [0.5, 0.6) is 17.2 Å². The Bertz CT molecular complexity index is 1140. The van der Waals surface area contributed by atoms with E-state index in [0.29, 0.717) is 29.2 Å². The van der Waals surface area contributed by atoms with E-state index < -0.39 is 0 Å². The number of benzene rings is 2. The van der Waals surface area contributed by atoms with Gasteiger partial charge in [-0.2, -0.15) is 0 Å². The van der Waals surface area contributed by atoms with Gasteiger partial charge in [0.1, 0.15) is 23.0 Å². The molecule has 1 N–H and O–H groups in total. The van der Waals surface area contributed by atoms with Crippen LogP contribution in [0.3, 0.4) is 0 Å². The zero-order valence-corrected chi connectivity index (χ0v) is 17.8. The van der Waals surface area contributed by atoms with E-state index in [1.54, 1.807) is 43.7 Å². The number of fused-ring (bicyclic) bond motifs is 1. The van der Waals surface area contributed by atoms with Crippen LogP contribution in [0.4, 0.5) is 5.69 Å². The number of nitrogens with zero attached hydrogens (tertiary/aromatic N) is 2. The smallest absolute Gasteiger partial charge is 0.232 e. The van der Waals surface area contributed by atoms with Gasteiger partial charge >= 0.3 is 0 Å². The number of piperazine rings is 1. The molecule has 0 atom stereocenters. The van der Waals surface area contributed by atoms with E-state index in [9.17, 15) is 9.90 Å². The summed E-state index contributed by atoms with van der Waals surface area (Å²) in [7, 11) is 1.66. The van der Waals surface area contributed by atoms with E-state index in [-0.39, 0.29) is 17.3 Å². The number of methoxy groups -OCH3 is 1. The Kier molecular flexibility index (Phi) is 5.33. The number of allylic oxidation sites excluding steroid dienone is 1. The highest BCUT2D eigenvalue weighted by Crippen LogP contribution is 2.40. The van der Waals surface area contributed by atoms with Crippen LogP contribution in [0.15, 0.2) is 65.0 Å². The van der Waals surface area contributed by atoms with Crippen molar-refractivity contribution < 1.29 is 23.8 Å². The van der Waals surface area contributed by atoms with Gasteiger partial charge in [-0.1, -0.05) is 0 Å². The number of phenolic OH excluding ortho intramolecular Hbond substituents is 1. The van der Waals surface area contributed by atoms with Gasteiger partial charge < -0.3 is 23.9 Å². The maximum absolute atomic E-state index is 12.8. The lowest BCUT2D eigenvalue weighted by Gasteiger charge is -2.36. The molecule has 2 aromatic carbocycles. The summed E-state index contributed by atoms with van der Waals surface area (Å²) in [6.45, 7) is 3.90. The van der Waals surface area contributed by atoms with Gasteiger partial charge in [-0.15, -0.1) is 0 Å². The fourth-order valence-corrected chi connectivity index (χ4v) is 4.13. The van der Waals surface area contributed by atoms with Gasteiger partial charge in [0.05, 0.1) is 24.5 Å². The van der Waals surface area contributed by atoms with Crippen LogP contribution in [-0.2, 0) is 6.54 Å². The molecular formula is C25H24N2O5. The molecule has 7 nitrogen and oxygen atoms in total. The van der Waals surface area contributed by atoms with Crippen LogP contribution < -0.4 is 14.4 Å². The number of carbonyl (C=O) groups excluding carboxylic acids is 1. The molecular weight excluding hydrogens is 408 g/mol. The highest BCUT2D eigenvalue weighted by Gasteiger charge is 2.32. The molecule has 0 unspecified atom stereocenters. The van der Waals surface area contributed by atoms with Crippen LogP contribution in [0.25, 0.3) is 6.08 Å². The highest BCUT2D eigenvalue weighted by molar-refractivity contribution is 6.14. The van der Waals surface area contributed by atoms with Crippen molar-refractivity contribution in [2.75, 3.05) is 38.2 Å². The standard InChI is InChI=1S/C25H24N2O5/c1-30-18-6-4-17(5-7-18)27-12-10-26(11-13-27)16-21-22(28)9-8-20-24(29)23(32-25(20)21)15-19-3-2-14-31-19/h2-9,14-15,28H,10-13,16H2,1H3/b23-15-. The summed E-state index contributed by atoms with van der Waals surface area (Å²) in [6, 6.07) is 14.8. The number of hydrogen-bond acceptors (Lipinski definition) is 7. The van der Waals surface area contributed by atoms with E-state index >= 15 is 0 Å². The molecule has 0 saturated carbocycles. The maximum Gasteiger partial charge on any atom is 0.232 e. The molecule has 164 valence electrons. The van der Waals surface area contributed by atoms with Gasteiger partial charge in [-0.05, 0) is 48.5 Å². The first-order valence-corrected chi connectivity index (χ1v) is 10.6. The molecule has 0 amide bonds. The second-order valence-corrected chi connectivity index (χ2v) is 7.86. The molecule has 1 fully saturated rings. The zero-order valence-electron chi connectivity index (χ0n) is 17.8. The Hall–Kier alpha value is -3.71. The van der Waals surface area contributed by atoms with Gasteiger partial charge in [0, 0.05) is 44.5 Å². The largest absolute Gasteiger partial charge is 0.507 e. The van der Waals surface area contributed by atoms with E-state index in [1.807, 2.05) is 12.1 Å². The Morgan fingerprint density at radius 2 is 1.84 bits per heavy atom. The first-order chi connectivity index (χ1) is 15.6. The summed E-state index contributed by atoms with van der Waals surface area (Å²) in [6.07, 6.45) is 3.12. The van der Waals surface area contributed by atoms with Gasteiger partial charge in [0.25, 0.3) is 0 Å². The van der Waals surface area contributed by atoms with E-state index in [1.165, 1.54) is 0 Å². The SMILES string of the molecule is COc1ccc(N2CCN(Cc3c(O)ccc4c3O/C(=C\c3ccco3)C4=O)CC2)cc1. The number of ether oxygens (including phenoxy) is 2. The molecule has 0 aliphatic carbocycles. The summed E-state index contributed by atoms with van der Waals surface area (Å²) < 4.78 is 16.4. The molecule has 0 spiro atoms. The minimum atomic E-state index is -0.207. The average Bonchev–Trinajstić information content (AvgIpc) is 3.45. The summed E-state index contributed by atoms with van der Waals surface area (Å²) in [5, 5.41) is 10.5. The van der Waals surface area contributed by atoms with Crippen molar-refractivity contribution in [1.82, 2.24) is 4.90 Å². The normalized spacial score (nSPS) is 17.5. The fraction of sp³-hybridized carbons (Fsp3) is 0.240. The fourth-order valence-electron chi connectivity index (χ4n) is 4.13. The van der Waals surface area contributed by atoms with Gasteiger partial charge in [0.2, 0.25) is 5.78 Å². The Balaban J connectivity index is 1.30. The van der Waals surface area contributed by atoms with Crippen molar-refractivity contribution in [2.45, 2.75) is 6.54 Å². The molecule has 1 saturated heterocycles. The Morgan fingerprint density at radius 3 is 2.53 bits per heavy atom. The number of hydrogen-bond donors (Lipinski definition) is 1. The number of aromatic hydroxyl groups is 1. The number of ketones is 1. The van der Waals surface area contributed by atoms with Crippen molar-refractivity contribution in [3.8, 4) is 17.2 Å². The third kappa shape index (κ3) is 3.83. The lowest BCUT2D eigenvalue weighted by molar-refractivity contribution is 0.101. The molecule has 1 aromatic heterocycles. The summed E-state index contributed by atoms with van der Waals surface area (Å²) >= 11 is 0. The third-order valence-corrected chi connectivity index (χ3v) is 5.92. The molecule has 0 bridgehead atoms. The molecule has 5 rings (SSSR count). The quantitative estimate of drug-likeness (QED) is 0.612. The molecule has 2 aliphatic heterocycles. The van der Waals surface area contributed by atoms with Crippen LogP contribution in [0.2, 0.25) is 0 Å². The molecule has 7 heteroatoms. The van der Waals surface area contributed by atoms with Crippen molar-refractivity contribution in [3.05, 3.63) is 77.4 Å². The number of phenols is 1. The van der Waals surface area contributed by atoms with Crippen molar-refractivity contribution >= 4 is 17.5 Å². The topological polar surface area (TPSA) is 75.4 Å². The van der Waals surface area contributed by atoms with Gasteiger partial charge in [-0.3, -0.25) is 9.69 Å². The second-order valence-electron chi connectivity index (χ2n) is 7.86. The number of anilines is 1. The lowest BCUT2D eigenvalue weighted by Crippen LogP contribution is -2.46. The van der Waals surface area contributed by atoms with Gasteiger partial charge in [-0.25, -0.2) is 0 Å². The van der Waals surface area contributed by atoms with Crippen molar-refractivity contribution in [2.24, 2.45) is 0 Å². The van der Waals surface area contributed by atoms with Crippen molar-refractivity contribution in [3.63, 3.8) is 0 Å². The maximum atomic E-state index is 12.8. The molecule has 3 aromatic rings. The van der Waals surface area contributed by atoms with E-state index in [2.05, 4.69) is 21.9 Å². The average molecular weight is 432 g/mol. The van der Waals surface area contributed by atoms with Crippen LogP contribution in [0, 0.1) is 0 Å². The highest BCUT2D eigenvalue weighted by atomic mass is 16.5. The first kappa shape index (κ1) is 20.2. The van der Waals surface area contributed by atoms with Crippen LogP contribution in [0.1, 0.15) is 21.7 Å². The summed E-state index contributed by atoms with van der Waals surface area (Å²) in [5.41, 5.74) is 2.26. The van der Waals surface area contributed by atoms with Crippen LogP contribution >= 0.6 is 0 Å². The minimum absolute atomic E-state index is 0.133. The molecule has 2 aliphatic rings. The number of furan rings is 1.